The molecule has 0 amide bonds. The highest BCUT2D eigenvalue weighted by atomic mass is 16.7. The number of carbonyl (C=O) groups excluding carboxylic acids is 2. The lowest BCUT2D eigenvalue weighted by Gasteiger charge is -2.32. The Hall–Kier alpha value is -3.96. The second-order valence-corrected chi connectivity index (χ2v) is 10.4. The lowest BCUT2D eigenvalue weighted by Crippen LogP contribution is -2.31. The average Bonchev–Trinajstić information content (AvgIpc) is 2.90. The number of benzene rings is 3. The minimum Gasteiger partial charge on any atom is -0.483 e. The zero-order valence-electron chi connectivity index (χ0n) is 22.5. The second-order valence-electron chi connectivity index (χ2n) is 10.4. The van der Waals surface area contributed by atoms with Gasteiger partial charge >= 0.3 is 0 Å². The average molecular weight is 509 g/mol. The highest BCUT2D eigenvalue weighted by molar-refractivity contribution is 6.41. The Balaban J connectivity index is 1.61. The molecule has 0 bridgehead atoms. The quantitative estimate of drug-likeness (QED) is 0.243. The van der Waals surface area contributed by atoms with Crippen LogP contribution in [0.4, 0.5) is 0 Å². The van der Waals surface area contributed by atoms with Gasteiger partial charge in [-0.2, -0.15) is 0 Å². The van der Waals surface area contributed by atoms with Gasteiger partial charge in [0.2, 0.25) is 0 Å². The van der Waals surface area contributed by atoms with Crippen molar-refractivity contribution in [2.75, 3.05) is 13.9 Å². The third kappa shape index (κ3) is 4.59. The van der Waals surface area contributed by atoms with Gasteiger partial charge in [0.15, 0.2) is 18.4 Å². The third-order valence-electron chi connectivity index (χ3n) is 7.22. The van der Waals surface area contributed by atoms with Crippen LogP contribution < -0.4 is 9.47 Å². The first-order chi connectivity index (χ1) is 18.2. The molecular weight excluding hydrogens is 476 g/mol. The molecular formula is C33H32O5. The molecule has 2 aliphatic rings. The largest absolute Gasteiger partial charge is 0.483 e. The van der Waals surface area contributed by atoms with Gasteiger partial charge in [0.25, 0.3) is 0 Å². The summed E-state index contributed by atoms with van der Waals surface area (Å²) < 4.78 is 17.7. The summed E-state index contributed by atoms with van der Waals surface area (Å²) in [4.78, 5) is 26.8. The Labute approximate surface area is 223 Å². The predicted molar refractivity (Wildman–Crippen MR) is 151 cm³/mol. The molecule has 0 N–H and O–H groups in total. The molecule has 0 saturated carbocycles. The molecule has 3 aromatic rings. The van der Waals surface area contributed by atoms with E-state index in [1.807, 2.05) is 24.3 Å². The molecule has 0 radical (unpaired) electrons. The number of methoxy groups -OCH3 is 1. The maximum atomic E-state index is 13.6. The minimum absolute atomic E-state index is 0.00730. The van der Waals surface area contributed by atoms with Crippen molar-refractivity contribution in [3.8, 4) is 11.5 Å². The number of allylic oxidation sites excluding steroid dienone is 4. The van der Waals surface area contributed by atoms with Crippen LogP contribution in [0.3, 0.4) is 0 Å². The monoisotopic (exact) mass is 508 g/mol. The van der Waals surface area contributed by atoms with E-state index in [2.05, 4.69) is 39.0 Å². The van der Waals surface area contributed by atoms with Gasteiger partial charge in [0, 0.05) is 40.5 Å². The van der Waals surface area contributed by atoms with Gasteiger partial charge in [-0.1, -0.05) is 48.1 Å². The van der Waals surface area contributed by atoms with Gasteiger partial charge < -0.3 is 14.2 Å². The number of hydrogen-bond donors (Lipinski definition) is 0. The fraction of sp³-hybridized carbons (Fsp3) is 0.273. The SMILES string of the molecule is COCOc1cc2c3c(ccc2cc1C1=C(C)C(=O)c2ccccc2C1=O)O[C@](C)(CCC=C(C)C)C=C3. The zero-order chi connectivity index (χ0) is 27.0. The van der Waals surface area contributed by atoms with Gasteiger partial charge in [0.1, 0.15) is 17.1 Å². The van der Waals surface area contributed by atoms with E-state index >= 15 is 0 Å². The summed E-state index contributed by atoms with van der Waals surface area (Å²) in [5, 5.41) is 1.86. The molecule has 0 saturated heterocycles. The fourth-order valence-corrected chi connectivity index (χ4v) is 5.20. The van der Waals surface area contributed by atoms with Crippen molar-refractivity contribution in [2.45, 2.75) is 46.1 Å². The molecule has 5 nitrogen and oxygen atoms in total. The van der Waals surface area contributed by atoms with Crippen LogP contribution in [0.15, 0.2) is 71.8 Å². The van der Waals surface area contributed by atoms with Crippen LogP contribution >= 0.6 is 0 Å². The van der Waals surface area contributed by atoms with Crippen LogP contribution in [0.5, 0.6) is 11.5 Å². The topological polar surface area (TPSA) is 61.8 Å². The van der Waals surface area contributed by atoms with Crippen molar-refractivity contribution in [2.24, 2.45) is 0 Å². The highest BCUT2D eigenvalue weighted by Crippen LogP contribution is 2.43. The number of Topliss-reactive ketones (excluding diaryl/α,β-unsaturated/α-hetero) is 2. The van der Waals surface area contributed by atoms with Crippen LogP contribution in [-0.2, 0) is 4.74 Å². The molecule has 3 aromatic carbocycles. The van der Waals surface area contributed by atoms with Gasteiger partial charge in [0.05, 0.1) is 0 Å². The fourth-order valence-electron chi connectivity index (χ4n) is 5.20. The summed E-state index contributed by atoms with van der Waals surface area (Å²) >= 11 is 0. The molecule has 0 fully saturated rings. The van der Waals surface area contributed by atoms with E-state index in [9.17, 15) is 9.59 Å². The standard InChI is InChI=1S/C33H32O5/c1-20(2)9-8-15-33(4)16-14-23-26-18-29(37-19-36-5)27(17-22(26)12-13-28(23)38-33)30-21(3)31(34)24-10-6-7-11-25(24)32(30)35/h6-7,9-14,16-18H,8,15,19H2,1-5H3/t33-/m1/s1. The van der Waals surface area contributed by atoms with Crippen molar-refractivity contribution in [1.29, 1.82) is 0 Å². The van der Waals surface area contributed by atoms with E-state index in [-0.39, 0.29) is 18.4 Å². The summed E-state index contributed by atoms with van der Waals surface area (Å²) in [6.45, 7) is 8.02. The first kappa shape index (κ1) is 25.7. The molecule has 0 unspecified atom stereocenters. The van der Waals surface area contributed by atoms with Crippen LogP contribution in [0.25, 0.3) is 22.4 Å². The molecule has 1 aliphatic heterocycles. The lowest BCUT2D eigenvalue weighted by molar-refractivity contribution is 0.0510. The van der Waals surface area contributed by atoms with Gasteiger partial charge in [-0.25, -0.2) is 0 Å². The van der Waals surface area contributed by atoms with Crippen molar-refractivity contribution < 1.29 is 23.8 Å². The molecule has 0 spiro atoms. The van der Waals surface area contributed by atoms with Gasteiger partial charge in [-0.15, -0.1) is 0 Å². The number of fused-ring (bicyclic) bond motifs is 4. The smallest absolute Gasteiger partial charge is 0.194 e. The van der Waals surface area contributed by atoms with Gasteiger partial charge in [-0.3, -0.25) is 9.59 Å². The first-order valence-electron chi connectivity index (χ1n) is 12.9. The maximum absolute atomic E-state index is 13.6. The third-order valence-corrected chi connectivity index (χ3v) is 7.22. The summed E-state index contributed by atoms with van der Waals surface area (Å²) in [5.41, 5.74) is 4.04. The summed E-state index contributed by atoms with van der Waals surface area (Å²) in [6.07, 6.45) is 8.27. The Morgan fingerprint density at radius 1 is 1.00 bits per heavy atom. The highest BCUT2D eigenvalue weighted by Gasteiger charge is 2.33. The number of ketones is 2. The summed E-state index contributed by atoms with van der Waals surface area (Å²) in [6, 6.07) is 14.8. The Bertz CT molecular complexity index is 1550. The normalized spacial score (nSPS) is 18.2. The molecule has 5 heteroatoms. The Morgan fingerprint density at radius 2 is 1.74 bits per heavy atom. The number of hydrogen-bond acceptors (Lipinski definition) is 5. The molecule has 1 atom stereocenters. The maximum Gasteiger partial charge on any atom is 0.194 e. The number of ether oxygens (including phenoxy) is 3. The van der Waals surface area contributed by atoms with Crippen LogP contribution in [0, 0.1) is 0 Å². The van der Waals surface area contributed by atoms with Crippen molar-refractivity contribution in [3.63, 3.8) is 0 Å². The van der Waals surface area contributed by atoms with Gasteiger partial charge in [-0.05, 0) is 75.6 Å². The van der Waals surface area contributed by atoms with E-state index in [1.54, 1.807) is 38.3 Å². The van der Waals surface area contributed by atoms with Crippen LogP contribution in [0.1, 0.15) is 72.4 Å². The van der Waals surface area contributed by atoms with E-state index in [0.717, 1.165) is 34.9 Å². The minimum atomic E-state index is -0.397. The van der Waals surface area contributed by atoms with Crippen molar-refractivity contribution >= 4 is 34.0 Å². The van der Waals surface area contributed by atoms with E-state index in [1.165, 1.54) is 5.57 Å². The van der Waals surface area contributed by atoms with Crippen LogP contribution in [0.2, 0.25) is 0 Å². The van der Waals surface area contributed by atoms with Crippen molar-refractivity contribution in [1.82, 2.24) is 0 Å². The summed E-state index contributed by atoms with van der Waals surface area (Å²) in [7, 11) is 1.55. The zero-order valence-corrected chi connectivity index (χ0v) is 22.5. The van der Waals surface area contributed by atoms with E-state index in [0.29, 0.717) is 33.6 Å². The lowest BCUT2D eigenvalue weighted by atomic mass is 9.81. The van der Waals surface area contributed by atoms with E-state index in [4.69, 9.17) is 14.2 Å². The van der Waals surface area contributed by atoms with Crippen molar-refractivity contribution in [3.05, 3.63) is 94.1 Å². The molecule has 194 valence electrons. The summed E-state index contributed by atoms with van der Waals surface area (Å²) in [5.74, 6) is 0.945. The number of rotatable bonds is 7. The number of carbonyl (C=O) groups is 2. The molecule has 0 aromatic heterocycles. The molecule has 5 rings (SSSR count). The molecule has 1 heterocycles. The second kappa shape index (κ2) is 10.1. The molecule has 1 aliphatic carbocycles. The Kier molecular flexibility index (Phi) is 6.80. The Morgan fingerprint density at radius 3 is 2.45 bits per heavy atom. The predicted octanol–water partition coefficient (Wildman–Crippen LogP) is 7.59. The van der Waals surface area contributed by atoms with E-state index < -0.39 is 5.60 Å². The first-order valence-corrected chi connectivity index (χ1v) is 12.9. The van der Waals surface area contributed by atoms with Crippen LogP contribution in [-0.4, -0.2) is 31.1 Å². The molecule has 38 heavy (non-hydrogen) atoms.